The van der Waals surface area contributed by atoms with E-state index in [0.29, 0.717) is 12.0 Å². The van der Waals surface area contributed by atoms with Gasteiger partial charge in [-0.25, -0.2) is 18.4 Å². The molecule has 1 fully saturated rings. The number of rotatable bonds is 6. The number of thiazole rings is 1. The number of fused-ring (bicyclic) bond motifs is 2. The summed E-state index contributed by atoms with van der Waals surface area (Å²) in [7, 11) is -3.68. The number of H-pyrrole nitrogens is 1. The highest BCUT2D eigenvalue weighted by atomic mass is 79.9. The Balaban J connectivity index is 1.32. The van der Waals surface area contributed by atoms with Gasteiger partial charge in [-0.05, 0) is 57.7 Å². The van der Waals surface area contributed by atoms with Gasteiger partial charge in [0.1, 0.15) is 11.1 Å². The first-order valence-corrected chi connectivity index (χ1v) is 14.4. The van der Waals surface area contributed by atoms with Crippen molar-refractivity contribution in [1.82, 2.24) is 19.7 Å². The zero-order valence-corrected chi connectivity index (χ0v) is 22.0. The smallest absolute Gasteiger partial charge is 0.242 e. The lowest BCUT2D eigenvalue weighted by molar-refractivity contribution is -0.118. The highest BCUT2D eigenvalue weighted by Crippen LogP contribution is 2.34. The van der Waals surface area contributed by atoms with Gasteiger partial charge < -0.3 is 10.3 Å². The monoisotopic (exact) mass is 581 g/mol. The van der Waals surface area contributed by atoms with Gasteiger partial charge in [0.25, 0.3) is 0 Å². The Kier molecular flexibility index (Phi) is 5.78. The number of halogens is 1. The number of nitrogens with one attached hydrogen (secondary N) is 3. The number of amides is 1. The molecular formula is C25H20BrN5O3S2. The number of aromatic nitrogens is 3. The van der Waals surface area contributed by atoms with Gasteiger partial charge in [-0.1, -0.05) is 53.8 Å². The first-order valence-electron chi connectivity index (χ1n) is 11.3. The fourth-order valence-corrected chi connectivity index (χ4v) is 7.39. The Labute approximate surface area is 219 Å². The van der Waals surface area contributed by atoms with E-state index in [-0.39, 0.29) is 12.5 Å². The molecule has 6 rings (SSSR count). The molecule has 1 aliphatic heterocycles. The second kappa shape index (κ2) is 8.99. The van der Waals surface area contributed by atoms with Crippen LogP contribution in [0.2, 0.25) is 0 Å². The van der Waals surface area contributed by atoms with Crippen molar-refractivity contribution < 1.29 is 13.2 Å². The Morgan fingerprint density at radius 1 is 1.06 bits per heavy atom. The molecule has 0 spiro atoms. The van der Waals surface area contributed by atoms with Crippen molar-refractivity contribution in [3.8, 4) is 0 Å². The van der Waals surface area contributed by atoms with Crippen molar-refractivity contribution in [2.75, 3.05) is 5.32 Å². The summed E-state index contributed by atoms with van der Waals surface area (Å²) in [6, 6.07) is 21.0. The lowest BCUT2D eigenvalue weighted by Gasteiger charge is -2.17. The number of imidazole rings is 1. The molecule has 3 heterocycles. The summed E-state index contributed by atoms with van der Waals surface area (Å²) < 4.78 is 28.6. The van der Waals surface area contributed by atoms with Gasteiger partial charge in [-0.2, -0.15) is 0 Å². The highest BCUT2D eigenvalue weighted by Gasteiger charge is 2.37. The second-order valence-corrected chi connectivity index (χ2v) is 12.4. The number of hydrogen-bond acceptors (Lipinski definition) is 7. The van der Waals surface area contributed by atoms with Gasteiger partial charge in [-0.15, -0.1) is 0 Å². The molecule has 0 aliphatic carbocycles. The van der Waals surface area contributed by atoms with Crippen molar-refractivity contribution >= 4 is 69.6 Å². The molecule has 1 saturated heterocycles. The largest absolute Gasteiger partial charge is 0.351 e. The van der Waals surface area contributed by atoms with Crippen molar-refractivity contribution in [3.05, 3.63) is 88.2 Å². The number of benzene rings is 3. The standard InChI is InChI=1S/C25H20BrN5O3S2/c26-16-4-3-7-20-23(16)30-25(35-20)29-19(24-27-17-5-1-2-6-18(17)28-24)12-14-8-10-15(11-9-14)21-13-22(32)31-36(21,33)34/h1-11,19,21H,12-13H2,(H,27,28)(H,29,30)(H,31,32)/t19-,21?/m0/s1. The molecule has 0 radical (unpaired) electrons. The number of carbonyl (C=O) groups is 1. The van der Waals surface area contributed by atoms with Gasteiger partial charge in [0.15, 0.2) is 5.13 Å². The fourth-order valence-electron chi connectivity index (χ4n) is 4.43. The summed E-state index contributed by atoms with van der Waals surface area (Å²) in [5.41, 5.74) is 4.32. The number of aromatic amines is 1. The van der Waals surface area contributed by atoms with E-state index in [4.69, 9.17) is 9.97 Å². The Morgan fingerprint density at radius 2 is 1.86 bits per heavy atom. The van der Waals surface area contributed by atoms with Crippen molar-refractivity contribution in [2.24, 2.45) is 0 Å². The zero-order valence-electron chi connectivity index (χ0n) is 18.7. The third-order valence-corrected chi connectivity index (χ3v) is 9.49. The maximum absolute atomic E-state index is 12.2. The summed E-state index contributed by atoms with van der Waals surface area (Å²) >= 11 is 5.15. The molecule has 8 nitrogen and oxygen atoms in total. The minimum atomic E-state index is -3.68. The summed E-state index contributed by atoms with van der Waals surface area (Å²) in [4.78, 5) is 24.6. The third-order valence-electron chi connectivity index (χ3n) is 6.20. The molecule has 11 heteroatoms. The molecule has 2 aromatic heterocycles. The number of para-hydroxylation sites is 3. The molecule has 182 valence electrons. The van der Waals surface area contributed by atoms with E-state index in [0.717, 1.165) is 42.2 Å². The summed E-state index contributed by atoms with van der Waals surface area (Å²) in [6.07, 6.45) is 0.532. The normalized spacial score (nSPS) is 17.9. The maximum atomic E-state index is 12.2. The van der Waals surface area contributed by atoms with Crippen LogP contribution in [0.25, 0.3) is 21.3 Å². The van der Waals surface area contributed by atoms with Crippen LogP contribution >= 0.6 is 27.3 Å². The lowest BCUT2D eigenvalue weighted by Crippen LogP contribution is -2.21. The van der Waals surface area contributed by atoms with Gasteiger partial charge in [0, 0.05) is 4.47 Å². The summed E-state index contributed by atoms with van der Waals surface area (Å²) in [5.74, 6) is 0.312. The van der Waals surface area contributed by atoms with E-state index in [1.54, 1.807) is 23.5 Å². The van der Waals surface area contributed by atoms with E-state index in [1.165, 1.54) is 0 Å². The van der Waals surface area contributed by atoms with Gasteiger partial charge in [-0.3, -0.25) is 9.52 Å². The number of nitrogens with zero attached hydrogens (tertiary/aromatic N) is 2. The first kappa shape index (κ1) is 23.1. The Morgan fingerprint density at radius 3 is 2.58 bits per heavy atom. The van der Waals surface area contributed by atoms with Crippen LogP contribution in [0.15, 0.2) is 71.2 Å². The van der Waals surface area contributed by atoms with E-state index < -0.39 is 21.2 Å². The summed E-state index contributed by atoms with van der Waals surface area (Å²) in [5, 5.41) is 3.47. The SMILES string of the molecule is O=C1CC(c2ccc(C[C@H](Nc3nc4c(Br)cccc4s3)c3nc4ccccc4[nH]3)cc2)S(=O)(=O)N1. The van der Waals surface area contributed by atoms with Gasteiger partial charge in [0.2, 0.25) is 15.9 Å². The molecule has 1 amide bonds. The zero-order chi connectivity index (χ0) is 24.9. The van der Waals surface area contributed by atoms with Crippen LogP contribution in [0.5, 0.6) is 0 Å². The molecule has 1 unspecified atom stereocenters. The predicted molar refractivity (Wildman–Crippen MR) is 144 cm³/mol. The van der Waals surface area contributed by atoms with E-state index in [1.807, 2.05) is 54.6 Å². The minimum absolute atomic E-state index is 0.0575. The van der Waals surface area contributed by atoms with Crippen molar-refractivity contribution in [2.45, 2.75) is 24.1 Å². The topological polar surface area (TPSA) is 117 Å². The molecule has 0 saturated carbocycles. The molecule has 1 aliphatic rings. The quantitative estimate of drug-likeness (QED) is 0.253. The fraction of sp³-hybridized carbons (Fsp3) is 0.160. The van der Waals surface area contributed by atoms with Crippen molar-refractivity contribution in [1.29, 1.82) is 0 Å². The number of hydrogen-bond donors (Lipinski definition) is 3. The van der Waals surface area contributed by atoms with Crippen LogP contribution in [-0.2, 0) is 21.2 Å². The molecule has 5 aromatic rings. The van der Waals surface area contributed by atoms with E-state index in [2.05, 4.69) is 31.0 Å². The predicted octanol–water partition coefficient (Wildman–Crippen LogP) is 5.22. The second-order valence-electron chi connectivity index (χ2n) is 8.65. The van der Waals surface area contributed by atoms with Gasteiger partial charge in [0.05, 0.1) is 33.7 Å². The highest BCUT2D eigenvalue weighted by molar-refractivity contribution is 9.10. The molecule has 0 bridgehead atoms. The van der Waals surface area contributed by atoms with Crippen LogP contribution < -0.4 is 10.0 Å². The molecule has 3 N–H and O–H groups in total. The third kappa shape index (κ3) is 4.38. The molecule has 3 aromatic carbocycles. The number of sulfonamides is 1. The van der Waals surface area contributed by atoms with Crippen LogP contribution in [0.4, 0.5) is 5.13 Å². The van der Waals surface area contributed by atoms with Crippen LogP contribution in [0.3, 0.4) is 0 Å². The van der Waals surface area contributed by atoms with Crippen LogP contribution in [0, 0.1) is 0 Å². The van der Waals surface area contributed by atoms with Gasteiger partial charge >= 0.3 is 0 Å². The number of anilines is 1. The Hall–Kier alpha value is -3.28. The maximum Gasteiger partial charge on any atom is 0.242 e. The number of carbonyl (C=O) groups excluding carboxylic acids is 1. The molecule has 2 atom stereocenters. The average molecular weight is 583 g/mol. The first-order chi connectivity index (χ1) is 17.4. The molecular weight excluding hydrogens is 562 g/mol. The van der Waals surface area contributed by atoms with E-state index >= 15 is 0 Å². The van der Waals surface area contributed by atoms with Crippen LogP contribution in [-0.4, -0.2) is 29.3 Å². The van der Waals surface area contributed by atoms with Crippen molar-refractivity contribution in [3.63, 3.8) is 0 Å². The molecule has 36 heavy (non-hydrogen) atoms. The average Bonchev–Trinajstić information content (AvgIpc) is 3.54. The lowest BCUT2D eigenvalue weighted by atomic mass is 10.0. The minimum Gasteiger partial charge on any atom is -0.351 e. The Bertz CT molecular complexity index is 1680. The van der Waals surface area contributed by atoms with Crippen LogP contribution in [0.1, 0.15) is 34.7 Å². The van der Waals surface area contributed by atoms with E-state index in [9.17, 15) is 13.2 Å². The summed E-state index contributed by atoms with van der Waals surface area (Å²) in [6.45, 7) is 0.